The third-order valence-electron chi connectivity index (χ3n) is 3.57. The second-order valence-electron chi connectivity index (χ2n) is 5.28. The highest BCUT2D eigenvalue weighted by molar-refractivity contribution is 9.10. The van der Waals surface area contributed by atoms with Gasteiger partial charge in [-0.15, -0.1) is 0 Å². The monoisotopic (exact) mass is 346 g/mol. The van der Waals surface area contributed by atoms with Gasteiger partial charge in [-0.05, 0) is 55.9 Å². The molecule has 1 heterocycles. The van der Waals surface area contributed by atoms with Gasteiger partial charge in [0, 0.05) is 4.47 Å². The minimum atomic E-state index is -2.78. The quantitative estimate of drug-likeness (QED) is 0.843. The van der Waals surface area contributed by atoms with Gasteiger partial charge in [0.05, 0.1) is 18.1 Å². The zero-order valence-corrected chi connectivity index (χ0v) is 13.7. The molecule has 1 saturated heterocycles. The molecule has 106 valence electrons. The Balaban J connectivity index is 1.93. The van der Waals surface area contributed by atoms with E-state index in [0.717, 1.165) is 34.2 Å². The first-order chi connectivity index (χ1) is 8.87. The minimum Gasteiger partial charge on any atom is -0.493 e. The van der Waals surface area contributed by atoms with E-state index in [1.807, 2.05) is 26.0 Å². The lowest BCUT2D eigenvalue weighted by molar-refractivity contribution is 0.238. The van der Waals surface area contributed by atoms with Crippen LogP contribution >= 0.6 is 15.9 Å². The largest absolute Gasteiger partial charge is 0.493 e. The van der Waals surface area contributed by atoms with Crippen LogP contribution in [0.25, 0.3) is 0 Å². The Bertz CT molecular complexity index is 529. The smallest absolute Gasteiger partial charge is 0.150 e. The van der Waals surface area contributed by atoms with Crippen molar-refractivity contribution in [1.82, 2.24) is 0 Å². The fourth-order valence-electron chi connectivity index (χ4n) is 2.31. The second-order valence-corrected chi connectivity index (χ2v) is 8.37. The molecule has 1 aromatic carbocycles. The second kappa shape index (κ2) is 5.83. The zero-order chi connectivity index (χ0) is 14.0. The molecule has 1 aliphatic rings. The molecule has 0 saturated carbocycles. The summed E-state index contributed by atoms with van der Waals surface area (Å²) in [4.78, 5) is 0. The van der Waals surface area contributed by atoms with E-state index in [1.165, 1.54) is 0 Å². The zero-order valence-electron chi connectivity index (χ0n) is 11.3. The van der Waals surface area contributed by atoms with Gasteiger partial charge in [0.25, 0.3) is 0 Å². The van der Waals surface area contributed by atoms with Crippen LogP contribution in [0.3, 0.4) is 0 Å². The molecule has 5 heteroatoms. The van der Waals surface area contributed by atoms with Gasteiger partial charge in [-0.1, -0.05) is 15.9 Å². The van der Waals surface area contributed by atoms with Crippen LogP contribution in [-0.4, -0.2) is 26.5 Å². The lowest BCUT2D eigenvalue weighted by Crippen LogP contribution is -2.26. The number of rotatable bonds is 3. The Kier molecular flexibility index (Phi) is 4.56. The Labute approximate surface area is 123 Å². The van der Waals surface area contributed by atoms with Crippen LogP contribution in [-0.2, 0) is 9.84 Å². The van der Waals surface area contributed by atoms with Gasteiger partial charge in [0.15, 0.2) is 0 Å². The Morgan fingerprint density at radius 3 is 2.26 bits per heavy atom. The highest BCUT2D eigenvalue weighted by Gasteiger charge is 2.23. The third kappa shape index (κ3) is 3.96. The fourth-order valence-corrected chi connectivity index (χ4v) is 4.13. The Morgan fingerprint density at radius 2 is 1.74 bits per heavy atom. The summed E-state index contributed by atoms with van der Waals surface area (Å²) >= 11 is 3.53. The van der Waals surface area contributed by atoms with E-state index < -0.39 is 9.84 Å². The molecule has 0 radical (unpaired) electrons. The number of benzene rings is 1. The summed E-state index contributed by atoms with van der Waals surface area (Å²) < 4.78 is 29.6. The summed E-state index contributed by atoms with van der Waals surface area (Å²) in [6.07, 6.45) is 1.44. The molecule has 0 spiro atoms. The van der Waals surface area contributed by atoms with Crippen molar-refractivity contribution in [1.29, 1.82) is 0 Å². The van der Waals surface area contributed by atoms with Crippen molar-refractivity contribution in [2.75, 3.05) is 18.1 Å². The van der Waals surface area contributed by atoms with Crippen molar-refractivity contribution in [2.24, 2.45) is 5.92 Å². The predicted octanol–water partition coefficient (Wildman–Crippen LogP) is 3.27. The van der Waals surface area contributed by atoms with Crippen molar-refractivity contribution in [3.8, 4) is 5.75 Å². The van der Waals surface area contributed by atoms with Gasteiger partial charge in [-0.2, -0.15) is 0 Å². The van der Waals surface area contributed by atoms with Gasteiger partial charge < -0.3 is 4.74 Å². The van der Waals surface area contributed by atoms with Gasteiger partial charge in [0.1, 0.15) is 15.6 Å². The van der Waals surface area contributed by atoms with Crippen LogP contribution in [0.4, 0.5) is 0 Å². The van der Waals surface area contributed by atoms with Crippen LogP contribution in [0.15, 0.2) is 16.6 Å². The molecule has 0 aliphatic carbocycles. The van der Waals surface area contributed by atoms with Crippen molar-refractivity contribution in [3.63, 3.8) is 0 Å². The number of halogens is 1. The Hall–Kier alpha value is -0.550. The average molecular weight is 347 g/mol. The molecule has 1 fully saturated rings. The summed E-state index contributed by atoms with van der Waals surface area (Å²) in [7, 11) is -2.78. The van der Waals surface area contributed by atoms with Gasteiger partial charge >= 0.3 is 0 Å². The molecule has 0 amide bonds. The number of hydrogen-bond acceptors (Lipinski definition) is 3. The van der Waals surface area contributed by atoms with Crippen LogP contribution in [0.5, 0.6) is 5.75 Å². The lowest BCUT2D eigenvalue weighted by atomic mass is 10.0. The maximum Gasteiger partial charge on any atom is 0.150 e. The molecule has 0 unspecified atom stereocenters. The molecule has 1 aliphatic heterocycles. The van der Waals surface area contributed by atoms with E-state index in [9.17, 15) is 8.42 Å². The topological polar surface area (TPSA) is 43.4 Å². The normalized spacial score (nSPS) is 19.3. The average Bonchev–Trinajstić information content (AvgIpc) is 2.34. The highest BCUT2D eigenvalue weighted by Crippen LogP contribution is 2.27. The van der Waals surface area contributed by atoms with E-state index in [2.05, 4.69) is 15.9 Å². The first-order valence-corrected chi connectivity index (χ1v) is 9.09. The number of hydrogen-bond donors (Lipinski definition) is 0. The van der Waals surface area contributed by atoms with E-state index in [0.29, 0.717) is 24.0 Å². The standard InChI is InChI=1S/C14H19BrO3S/c1-10-7-13(8-11(2)14(10)15)18-9-12-3-5-19(16,17)6-4-12/h7-8,12H,3-6,9H2,1-2H3. The fraction of sp³-hybridized carbons (Fsp3) is 0.571. The summed E-state index contributed by atoms with van der Waals surface area (Å²) in [5.41, 5.74) is 2.31. The van der Waals surface area contributed by atoms with Crippen LogP contribution in [0, 0.1) is 19.8 Å². The van der Waals surface area contributed by atoms with E-state index >= 15 is 0 Å². The summed E-state index contributed by atoms with van der Waals surface area (Å²) in [6, 6.07) is 4.02. The molecule has 2 rings (SSSR count). The number of sulfone groups is 1. The molecular weight excluding hydrogens is 328 g/mol. The molecule has 0 N–H and O–H groups in total. The summed E-state index contributed by atoms with van der Waals surface area (Å²) in [5, 5.41) is 0. The SMILES string of the molecule is Cc1cc(OCC2CCS(=O)(=O)CC2)cc(C)c1Br. The van der Waals surface area contributed by atoms with E-state index in [-0.39, 0.29) is 0 Å². The van der Waals surface area contributed by atoms with Crippen LogP contribution < -0.4 is 4.74 Å². The third-order valence-corrected chi connectivity index (χ3v) is 6.54. The summed E-state index contributed by atoms with van der Waals surface area (Å²) in [6.45, 7) is 4.68. The molecule has 19 heavy (non-hydrogen) atoms. The van der Waals surface area contributed by atoms with E-state index in [1.54, 1.807) is 0 Å². The van der Waals surface area contributed by atoms with Crippen molar-refractivity contribution in [2.45, 2.75) is 26.7 Å². The molecule has 0 bridgehead atoms. The molecular formula is C14H19BrO3S. The van der Waals surface area contributed by atoms with Crippen molar-refractivity contribution in [3.05, 3.63) is 27.7 Å². The van der Waals surface area contributed by atoms with Gasteiger partial charge in [0.2, 0.25) is 0 Å². The molecule has 0 aromatic heterocycles. The van der Waals surface area contributed by atoms with Crippen LogP contribution in [0.1, 0.15) is 24.0 Å². The maximum atomic E-state index is 11.4. The van der Waals surface area contributed by atoms with Crippen molar-refractivity contribution < 1.29 is 13.2 Å². The Morgan fingerprint density at radius 1 is 1.21 bits per heavy atom. The van der Waals surface area contributed by atoms with Crippen LogP contribution in [0.2, 0.25) is 0 Å². The first kappa shape index (κ1) is 14.9. The predicted molar refractivity (Wildman–Crippen MR) is 80.5 cm³/mol. The van der Waals surface area contributed by atoms with E-state index in [4.69, 9.17) is 4.74 Å². The van der Waals surface area contributed by atoms with Crippen molar-refractivity contribution >= 4 is 25.8 Å². The minimum absolute atomic E-state index is 0.305. The first-order valence-electron chi connectivity index (χ1n) is 6.47. The lowest BCUT2D eigenvalue weighted by Gasteiger charge is -2.22. The maximum absolute atomic E-state index is 11.4. The van der Waals surface area contributed by atoms with Gasteiger partial charge in [-0.25, -0.2) is 8.42 Å². The van der Waals surface area contributed by atoms with Gasteiger partial charge in [-0.3, -0.25) is 0 Å². The summed E-state index contributed by atoms with van der Waals surface area (Å²) in [5.74, 6) is 1.83. The molecule has 3 nitrogen and oxygen atoms in total. The number of ether oxygens (including phenoxy) is 1. The highest BCUT2D eigenvalue weighted by atomic mass is 79.9. The molecule has 0 atom stereocenters. The molecule has 1 aromatic rings. The number of aryl methyl sites for hydroxylation is 2.